The maximum absolute atomic E-state index is 12.5. The van der Waals surface area contributed by atoms with Crippen molar-refractivity contribution in [3.8, 4) is 5.75 Å². The van der Waals surface area contributed by atoms with E-state index in [4.69, 9.17) is 4.74 Å². The van der Waals surface area contributed by atoms with Crippen molar-refractivity contribution in [2.45, 2.75) is 44.1 Å². The zero-order valence-corrected chi connectivity index (χ0v) is 13.1. The first kappa shape index (κ1) is 17.1. The molecule has 4 nitrogen and oxygen atoms in total. The first-order chi connectivity index (χ1) is 11.4. The van der Waals surface area contributed by atoms with Crippen molar-refractivity contribution in [1.29, 1.82) is 0 Å². The number of halogens is 3. The highest BCUT2D eigenvalue weighted by Crippen LogP contribution is 2.51. The third kappa shape index (κ3) is 4.41. The average molecular weight is 343 g/mol. The third-order valence-electron chi connectivity index (χ3n) is 4.45. The summed E-state index contributed by atoms with van der Waals surface area (Å²) in [6.45, 7) is 1.18. The molecular weight excluding hydrogens is 323 g/mol. The van der Waals surface area contributed by atoms with E-state index in [-0.39, 0.29) is 29.6 Å². The molecule has 7 heteroatoms. The van der Waals surface area contributed by atoms with Gasteiger partial charge in [-0.05, 0) is 43.2 Å². The quantitative estimate of drug-likeness (QED) is 0.892. The number of nitrogens with one attached hydrogen (secondary N) is 1. The molecule has 0 radical (unpaired) electrons. The number of rotatable bonds is 5. The molecule has 0 unspecified atom stereocenters. The molecule has 1 aromatic rings. The maximum Gasteiger partial charge on any atom is 0.573 e. The van der Waals surface area contributed by atoms with Crippen molar-refractivity contribution >= 4 is 5.91 Å². The largest absolute Gasteiger partial charge is 0.573 e. The topological polar surface area (TPSA) is 47.6 Å². The van der Waals surface area contributed by atoms with Crippen LogP contribution in [0.15, 0.2) is 24.3 Å². The Kier molecular flexibility index (Phi) is 4.99. The minimum atomic E-state index is -4.74. The van der Waals surface area contributed by atoms with Crippen LogP contribution in [0.5, 0.6) is 5.75 Å². The number of para-hydroxylation sites is 1. The van der Waals surface area contributed by atoms with Crippen LogP contribution < -0.4 is 10.1 Å². The van der Waals surface area contributed by atoms with Crippen molar-refractivity contribution in [3.63, 3.8) is 0 Å². The van der Waals surface area contributed by atoms with Gasteiger partial charge in [0.05, 0.1) is 6.10 Å². The minimum Gasteiger partial charge on any atom is -0.405 e. The Bertz CT molecular complexity index is 585. The van der Waals surface area contributed by atoms with Gasteiger partial charge in [-0.15, -0.1) is 13.2 Å². The number of carbonyl (C=O) groups is 1. The van der Waals surface area contributed by atoms with Crippen molar-refractivity contribution in [3.05, 3.63) is 29.8 Å². The second-order valence-corrected chi connectivity index (χ2v) is 6.27. The fourth-order valence-electron chi connectivity index (χ4n) is 3.15. The zero-order valence-electron chi connectivity index (χ0n) is 13.1. The third-order valence-corrected chi connectivity index (χ3v) is 4.45. The summed E-state index contributed by atoms with van der Waals surface area (Å²) in [4.78, 5) is 12.2. The van der Waals surface area contributed by atoms with Crippen molar-refractivity contribution in [2.75, 3.05) is 13.2 Å². The molecule has 132 valence electrons. The number of carbonyl (C=O) groups excluding carboxylic acids is 1. The van der Waals surface area contributed by atoms with Crippen LogP contribution in [0, 0.1) is 5.92 Å². The number of hydrogen-bond acceptors (Lipinski definition) is 3. The summed E-state index contributed by atoms with van der Waals surface area (Å²) in [5.41, 5.74) is 0.434. The molecule has 1 saturated heterocycles. The van der Waals surface area contributed by atoms with Crippen molar-refractivity contribution < 1.29 is 27.4 Å². The molecule has 1 amide bonds. The van der Waals surface area contributed by atoms with Gasteiger partial charge in [0, 0.05) is 19.1 Å². The summed E-state index contributed by atoms with van der Waals surface area (Å²) in [5.74, 6) is -0.876. The summed E-state index contributed by atoms with van der Waals surface area (Å²) in [7, 11) is 0. The van der Waals surface area contributed by atoms with Gasteiger partial charge in [-0.1, -0.05) is 18.2 Å². The highest BCUT2D eigenvalue weighted by molar-refractivity contribution is 5.83. The molecule has 1 aliphatic heterocycles. The lowest BCUT2D eigenvalue weighted by Gasteiger charge is -2.22. The number of ether oxygens (including phenoxy) is 2. The van der Waals surface area contributed by atoms with E-state index in [0.717, 1.165) is 25.9 Å². The van der Waals surface area contributed by atoms with Crippen LogP contribution in [0.1, 0.15) is 37.2 Å². The minimum absolute atomic E-state index is 0.0424. The Hall–Kier alpha value is -1.76. The van der Waals surface area contributed by atoms with Gasteiger partial charge in [0.25, 0.3) is 0 Å². The molecule has 1 heterocycles. The Morgan fingerprint density at radius 3 is 2.79 bits per heavy atom. The lowest BCUT2D eigenvalue weighted by molar-refractivity contribution is -0.274. The van der Waals surface area contributed by atoms with Gasteiger partial charge in [-0.3, -0.25) is 4.79 Å². The maximum atomic E-state index is 12.5. The monoisotopic (exact) mass is 343 g/mol. The predicted molar refractivity (Wildman–Crippen MR) is 80.6 cm³/mol. The fraction of sp³-hybridized carbons (Fsp3) is 0.588. The summed E-state index contributed by atoms with van der Waals surface area (Å²) in [6.07, 6.45) is -1.09. The normalized spacial score (nSPS) is 26.7. The molecule has 0 bridgehead atoms. The van der Waals surface area contributed by atoms with E-state index in [1.165, 1.54) is 12.1 Å². The molecule has 0 aromatic heterocycles. The molecule has 1 aliphatic carbocycles. The van der Waals surface area contributed by atoms with Gasteiger partial charge in [0.2, 0.25) is 5.91 Å². The van der Waals surface area contributed by atoms with Crippen LogP contribution >= 0.6 is 0 Å². The molecule has 3 atom stereocenters. The van der Waals surface area contributed by atoms with E-state index in [1.54, 1.807) is 12.1 Å². The van der Waals surface area contributed by atoms with Gasteiger partial charge in [0.1, 0.15) is 5.75 Å². The first-order valence-corrected chi connectivity index (χ1v) is 8.18. The molecule has 2 fully saturated rings. The van der Waals surface area contributed by atoms with Crippen LogP contribution in [-0.2, 0) is 9.53 Å². The van der Waals surface area contributed by atoms with Crippen LogP contribution in [0.2, 0.25) is 0 Å². The lowest BCUT2D eigenvalue weighted by atomic mass is 10.1. The van der Waals surface area contributed by atoms with Crippen LogP contribution in [0.3, 0.4) is 0 Å². The molecule has 24 heavy (non-hydrogen) atoms. The molecule has 1 saturated carbocycles. The van der Waals surface area contributed by atoms with Crippen molar-refractivity contribution in [2.24, 2.45) is 5.92 Å². The Morgan fingerprint density at radius 2 is 2.08 bits per heavy atom. The second-order valence-electron chi connectivity index (χ2n) is 6.27. The Labute approximate surface area is 138 Å². The van der Waals surface area contributed by atoms with Gasteiger partial charge >= 0.3 is 6.36 Å². The second kappa shape index (κ2) is 7.01. The van der Waals surface area contributed by atoms with Gasteiger partial charge < -0.3 is 14.8 Å². The number of alkyl halides is 3. The summed E-state index contributed by atoms with van der Waals surface area (Å²) >= 11 is 0. The SMILES string of the molecule is O=C(NC[C@@H]1CCCCO1)[C@@H]1C[C@@H]1c1ccccc1OC(F)(F)F. The van der Waals surface area contributed by atoms with Crippen molar-refractivity contribution in [1.82, 2.24) is 5.32 Å². The molecular formula is C17H20F3NO3. The van der Waals surface area contributed by atoms with E-state index in [9.17, 15) is 18.0 Å². The lowest BCUT2D eigenvalue weighted by Crippen LogP contribution is -2.36. The van der Waals surface area contributed by atoms with Gasteiger partial charge in [-0.25, -0.2) is 0 Å². The zero-order chi connectivity index (χ0) is 17.2. The molecule has 1 aromatic carbocycles. The van der Waals surface area contributed by atoms with Crippen LogP contribution in [-0.4, -0.2) is 31.5 Å². The van der Waals surface area contributed by atoms with E-state index in [2.05, 4.69) is 10.1 Å². The van der Waals surface area contributed by atoms with E-state index in [0.29, 0.717) is 18.5 Å². The summed E-state index contributed by atoms with van der Waals surface area (Å²) in [6, 6.07) is 6.01. The van der Waals surface area contributed by atoms with Gasteiger partial charge in [0.15, 0.2) is 0 Å². The highest BCUT2D eigenvalue weighted by Gasteiger charge is 2.46. The summed E-state index contributed by atoms with van der Waals surface area (Å²) < 4.78 is 47.0. The fourth-order valence-corrected chi connectivity index (χ4v) is 3.15. The number of hydrogen-bond donors (Lipinski definition) is 1. The predicted octanol–water partition coefficient (Wildman–Crippen LogP) is 3.37. The van der Waals surface area contributed by atoms with Crippen LogP contribution in [0.4, 0.5) is 13.2 Å². The number of benzene rings is 1. The summed E-state index contributed by atoms with van der Waals surface area (Å²) in [5, 5.41) is 2.85. The molecule has 0 spiro atoms. The molecule has 1 N–H and O–H groups in total. The number of amides is 1. The molecule has 3 rings (SSSR count). The van der Waals surface area contributed by atoms with E-state index < -0.39 is 6.36 Å². The van der Waals surface area contributed by atoms with Crippen LogP contribution in [0.25, 0.3) is 0 Å². The Morgan fingerprint density at radius 1 is 1.29 bits per heavy atom. The highest BCUT2D eigenvalue weighted by atomic mass is 19.4. The van der Waals surface area contributed by atoms with Gasteiger partial charge in [-0.2, -0.15) is 0 Å². The van der Waals surface area contributed by atoms with E-state index in [1.807, 2.05) is 0 Å². The van der Waals surface area contributed by atoms with E-state index >= 15 is 0 Å². The standard InChI is InChI=1S/C17H20F3NO3/c18-17(19,20)24-15-7-2-1-6-12(15)13-9-14(13)16(22)21-10-11-5-3-4-8-23-11/h1-2,6-7,11,13-14H,3-5,8-10H2,(H,21,22)/t11-,13+,14+/m0/s1. The average Bonchev–Trinajstić information content (AvgIpc) is 3.33. The molecule has 2 aliphatic rings. The first-order valence-electron chi connectivity index (χ1n) is 8.18. The Balaban J connectivity index is 1.55. The smallest absolute Gasteiger partial charge is 0.405 e.